The molecule has 2 unspecified atom stereocenters. The molecule has 2 saturated carbocycles. The van der Waals surface area contributed by atoms with Crippen LogP contribution in [0.2, 0.25) is 0 Å². The van der Waals surface area contributed by atoms with Crippen LogP contribution in [0.1, 0.15) is 46.3 Å². The van der Waals surface area contributed by atoms with Crippen molar-refractivity contribution in [2.45, 2.75) is 50.0 Å². The van der Waals surface area contributed by atoms with Crippen molar-refractivity contribution in [1.29, 1.82) is 0 Å². The average Bonchev–Trinajstić information content (AvgIpc) is 3.33. The molecule has 3 aliphatic carbocycles. The molecule has 1 saturated heterocycles. The second-order valence-electron chi connectivity index (χ2n) is 11.6. The predicted octanol–water partition coefficient (Wildman–Crippen LogP) is 0.482. The molecular weight excluding hydrogens is 535 g/mol. The van der Waals surface area contributed by atoms with Gasteiger partial charge in [-0.25, -0.2) is 0 Å². The number of ketones is 4. The summed E-state index contributed by atoms with van der Waals surface area (Å²) in [6.07, 6.45) is -3.99. The average molecular weight is 566 g/mol. The van der Waals surface area contributed by atoms with Crippen LogP contribution in [0, 0.1) is 23.7 Å². The van der Waals surface area contributed by atoms with E-state index in [9.17, 15) is 47.4 Å². The van der Waals surface area contributed by atoms with Crippen molar-refractivity contribution in [3.63, 3.8) is 0 Å². The quantitative estimate of drug-likeness (QED) is 0.442. The van der Waals surface area contributed by atoms with E-state index in [4.69, 9.17) is 5.73 Å². The van der Waals surface area contributed by atoms with Crippen LogP contribution in [-0.2, 0) is 38.3 Å². The van der Waals surface area contributed by atoms with Crippen molar-refractivity contribution in [1.82, 2.24) is 9.80 Å². The number of Topliss-reactive ketones (excluding diaryl/α,β-unsaturated/α-hetero) is 4. The van der Waals surface area contributed by atoms with Crippen molar-refractivity contribution in [2.24, 2.45) is 29.4 Å². The number of fused-ring (bicyclic) bond motifs is 3. The van der Waals surface area contributed by atoms with Gasteiger partial charge < -0.3 is 15.9 Å². The van der Waals surface area contributed by atoms with Gasteiger partial charge in [0.15, 0.2) is 34.7 Å². The number of aromatic hydroxyl groups is 1. The SMILES string of the molecule is CN(C)[C@@H]1C(=O)C(C(N)=O)C(=O)[C@@]2(O)C(=O)C3C(=O)c4c(O)cc(CN5CCCC5)c(C(F)(F)F)c4C[C@H]3C[C@@H]12. The fourth-order valence-corrected chi connectivity index (χ4v) is 7.40. The first-order valence-electron chi connectivity index (χ1n) is 13.1. The Morgan fingerprint density at radius 3 is 2.33 bits per heavy atom. The van der Waals surface area contributed by atoms with Gasteiger partial charge in [0, 0.05) is 12.5 Å². The standard InChI is InChI=1S/C27H30F3N3O7/c1-32(2)20-14-8-11-7-13-17(15(34)9-12(19(13)27(28,29)30)10-33-5-3-4-6-33)21(35)16(11)23(37)26(14,40)24(38)18(22(20)36)25(31)39/h9,11,14,16,18,20,34,40H,3-8,10H2,1-2H3,(H2,31,39)/t11-,14-,16?,18?,20-,26-/m0/s1. The van der Waals surface area contributed by atoms with E-state index in [0.29, 0.717) is 13.1 Å². The number of amides is 1. The molecule has 3 fully saturated rings. The number of nitrogens with two attached hydrogens (primary N) is 1. The lowest BCUT2D eigenvalue weighted by molar-refractivity contribution is -0.181. The third-order valence-electron chi connectivity index (χ3n) is 9.02. The van der Waals surface area contributed by atoms with Gasteiger partial charge in [-0.3, -0.25) is 33.8 Å². The van der Waals surface area contributed by atoms with Crippen LogP contribution in [0.3, 0.4) is 0 Å². The van der Waals surface area contributed by atoms with E-state index in [1.165, 1.54) is 19.0 Å². The number of phenols is 1. The highest BCUT2D eigenvalue weighted by atomic mass is 19.4. The summed E-state index contributed by atoms with van der Waals surface area (Å²) in [6.45, 7) is 1.10. The Morgan fingerprint density at radius 1 is 1.15 bits per heavy atom. The second kappa shape index (κ2) is 9.45. The van der Waals surface area contributed by atoms with Crippen LogP contribution in [0.5, 0.6) is 5.75 Å². The molecule has 6 atom stereocenters. The maximum atomic E-state index is 14.5. The maximum absolute atomic E-state index is 14.5. The van der Waals surface area contributed by atoms with E-state index in [0.717, 1.165) is 18.9 Å². The molecule has 1 amide bonds. The molecule has 1 aliphatic heterocycles. The van der Waals surface area contributed by atoms with E-state index in [1.807, 2.05) is 4.90 Å². The van der Waals surface area contributed by atoms with Crippen molar-refractivity contribution < 1.29 is 47.4 Å². The van der Waals surface area contributed by atoms with Crippen molar-refractivity contribution in [3.8, 4) is 5.75 Å². The van der Waals surface area contributed by atoms with E-state index in [-0.39, 0.29) is 18.5 Å². The Kier molecular flexibility index (Phi) is 6.70. The van der Waals surface area contributed by atoms with Crippen LogP contribution < -0.4 is 5.73 Å². The monoisotopic (exact) mass is 565 g/mol. The molecule has 10 nitrogen and oxygen atoms in total. The zero-order valence-electron chi connectivity index (χ0n) is 22.0. The van der Waals surface area contributed by atoms with Gasteiger partial charge >= 0.3 is 6.18 Å². The van der Waals surface area contributed by atoms with Crippen LogP contribution in [0.15, 0.2) is 6.07 Å². The Morgan fingerprint density at radius 2 is 1.77 bits per heavy atom. The van der Waals surface area contributed by atoms with Crippen molar-refractivity contribution in [3.05, 3.63) is 28.3 Å². The molecule has 4 aliphatic rings. The second-order valence-corrected chi connectivity index (χ2v) is 11.6. The third kappa shape index (κ3) is 4.00. The van der Waals surface area contributed by atoms with Gasteiger partial charge in [-0.05, 0) is 76.0 Å². The van der Waals surface area contributed by atoms with Crippen LogP contribution in [-0.4, -0.2) is 87.9 Å². The van der Waals surface area contributed by atoms with Gasteiger partial charge in [0.05, 0.1) is 23.1 Å². The van der Waals surface area contributed by atoms with Gasteiger partial charge in [-0.2, -0.15) is 13.2 Å². The minimum absolute atomic E-state index is 0.0838. The number of benzene rings is 1. The molecule has 40 heavy (non-hydrogen) atoms. The lowest BCUT2D eigenvalue weighted by Gasteiger charge is -2.52. The molecule has 5 rings (SSSR count). The highest BCUT2D eigenvalue weighted by Gasteiger charge is 2.69. The number of rotatable bonds is 4. The Labute approximate surface area is 227 Å². The number of halogens is 3. The van der Waals surface area contributed by atoms with Crippen LogP contribution in [0.4, 0.5) is 13.2 Å². The minimum atomic E-state index is -4.88. The van der Waals surface area contributed by atoms with E-state index >= 15 is 0 Å². The third-order valence-corrected chi connectivity index (χ3v) is 9.02. The van der Waals surface area contributed by atoms with E-state index < -0.39 is 99.4 Å². The summed E-state index contributed by atoms with van der Waals surface area (Å²) in [7, 11) is 2.86. The highest BCUT2D eigenvalue weighted by Crippen LogP contribution is 2.52. The lowest BCUT2D eigenvalue weighted by Crippen LogP contribution is -2.74. The van der Waals surface area contributed by atoms with Gasteiger partial charge in [0.2, 0.25) is 5.91 Å². The number of primary amides is 1. The van der Waals surface area contributed by atoms with Gasteiger partial charge in [-0.15, -0.1) is 0 Å². The Hall–Kier alpha value is -3.16. The molecule has 216 valence electrons. The number of phenolic OH excluding ortho intramolecular Hbond substituents is 1. The largest absolute Gasteiger partial charge is 0.507 e. The zero-order chi connectivity index (χ0) is 29.5. The van der Waals surface area contributed by atoms with Crippen LogP contribution >= 0.6 is 0 Å². The topological polar surface area (TPSA) is 158 Å². The molecule has 0 spiro atoms. The molecular formula is C27H30F3N3O7. The van der Waals surface area contributed by atoms with Gasteiger partial charge in [-0.1, -0.05) is 0 Å². The van der Waals surface area contributed by atoms with Crippen molar-refractivity contribution >= 4 is 29.0 Å². The maximum Gasteiger partial charge on any atom is 0.417 e. The highest BCUT2D eigenvalue weighted by molar-refractivity contribution is 6.32. The summed E-state index contributed by atoms with van der Waals surface area (Å²) in [5.41, 5.74) is 0.0178. The molecule has 1 heterocycles. The predicted molar refractivity (Wildman–Crippen MR) is 131 cm³/mol. The molecule has 13 heteroatoms. The number of aliphatic hydroxyl groups is 1. The minimum Gasteiger partial charge on any atom is -0.507 e. The van der Waals surface area contributed by atoms with Gasteiger partial charge in [0.1, 0.15) is 5.75 Å². The summed E-state index contributed by atoms with van der Waals surface area (Å²) in [6, 6.07) is -0.433. The summed E-state index contributed by atoms with van der Waals surface area (Å²) < 4.78 is 43.6. The number of hydrogen-bond donors (Lipinski definition) is 3. The summed E-state index contributed by atoms with van der Waals surface area (Å²) in [5.74, 6) is -13.3. The normalized spacial score (nSPS) is 32.7. The van der Waals surface area contributed by atoms with E-state index in [2.05, 4.69) is 0 Å². The molecule has 0 aromatic heterocycles. The fourth-order valence-electron chi connectivity index (χ4n) is 7.40. The number of carbonyl (C=O) groups is 5. The number of likely N-dealkylation sites (N-methyl/N-ethyl adjacent to an activating group) is 1. The Bertz CT molecular complexity index is 1340. The fraction of sp³-hybridized carbons (Fsp3) is 0.593. The molecule has 1 aromatic rings. The van der Waals surface area contributed by atoms with E-state index in [1.54, 1.807) is 0 Å². The Balaban J connectivity index is 1.65. The number of alkyl halides is 3. The summed E-state index contributed by atoms with van der Waals surface area (Å²) in [5, 5.41) is 22.4. The summed E-state index contributed by atoms with van der Waals surface area (Å²) in [4.78, 5) is 69.1. The summed E-state index contributed by atoms with van der Waals surface area (Å²) >= 11 is 0. The first-order chi connectivity index (χ1) is 18.6. The number of nitrogens with zero attached hydrogens (tertiary/aromatic N) is 2. The molecule has 4 N–H and O–H groups in total. The number of likely N-dealkylation sites (tertiary alicyclic amines) is 1. The number of carbonyl (C=O) groups excluding carboxylic acids is 5. The first-order valence-corrected chi connectivity index (χ1v) is 13.1. The zero-order valence-corrected chi connectivity index (χ0v) is 22.0. The molecule has 1 aromatic carbocycles. The van der Waals surface area contributed by atoms with Crippen LogP contribution in [0.25, 0.3) is 0 Å². The molecule has 0 bridgehead atoms. The first kappa shape index (κ1) is 28.4. The van der Waals surface area contributed by atoms with Gasteiger partial charge in [0.25, 0.3) is 0 Å². The number of hydrogen-bond acceptors (Lipinski definition) is 9. The smallest absolute Gasteiger partial charge is 0.417 e. The lowest BCUT2D eigenvalue weighted by atomic mass is 9.52. The molecule has 0 radical (unpaired) electrons. The van der Waals surface area contributed by atoms with Crippen molar-refractivity contribution in [2.75, 3.05) is 27.2 Å².